The maximum absolute atomic E-state index is 12.9. The summed E-state index contributed by atoms with van der Waals surface area (Å²) in [4.78, 5) is 27.2. The van der Waals surface area contributed by atoms with Crippen molar-refractivity contribution in [2.45, 2.75) is 26.8 Å². The first-order valence-corrected chi connectivity index (χ1v) is 11.0. The van der Waals surface area contributed by atoms with Gasteiger partial charge in [0.05, 0.1) is 31.8 Å². The molecule has 1 aromatic heterocycles. The molecule has 1 aliphatic rings. The molecule has 0 saturated carbocycles. The Hall–Kier alpha value is -3.74. The van der Waals surface area contributed by atoms with Crippen molar-refractivity contribution in [1.29, 1.82) is 0 Å². The molecule has 33 heavy (non-hydrogen) atoms. The number of hydrogen-bond acceptors (Lipinski definition) is 4. The van der Waals surface area contributed by atoms with Gasteiger partial charge in [-0.05, 0) is 53.5 Å². The number of methoxy groups -OCH3 is 2. The van der Waals surface area contributed by atoms with Crippen LogP contribution in [-0.4, -0.2) is 42.0 Å². The van der Waals surface area contributed by atoms with E-state index in [1.54, 1.807) is 20.4 Å². The minimum absolute atomic E-state index is 0.0688. The Bertz CT molecular complexity index is 1230. The van der Waals surface area contributed by atoms with Crippen molar-refractivity contribution >= 4 is 34.5 Å². The van der Waals surface area contributed by atoms with Crippen LogP contribution in [0.15, 0.2) is 48.8 Å². The first-order chi connectivity index (χ1) is 15.9. The second-order valence-corrected chi connectivity index (χ2v) is 8.57. The number of ether oxygens (including phenoxy) is 2. The Kier molecular flexibility index (Phi) is 6.40. The SMILES string of the molecule is COc1cc2c(cc1OC)CC(=O)N(CC(=O)Nc1cccc3c1ccn3CC(C)C)C=C2. The molecule has 0 spiro atoms. The third kappa shape index (κ3) is 4.72. The van der Waals surface area contributed by atoms with E-state index in [4.69, 9.17) is 9.47 Å². The summed E-state index contributed by atoms with van der Waals surface area (Å²) in [5, 5.41) is 3.96. The lowest BCUT2D eigenvalue weighted by molar-refractivity contribution is -0.131. The molecule has 4 rings (SSSR count). The molecule has 2 amide bonds. The van der Waals surface area contributed by atoms with Crippen LogP contribution in [0.4, 0.5) is 5.69 Å². The van der Waals surface area contributed by atoms with Gasteiger partial charge in [-0.2, -0.15) is 0 Å². The van der Waals surface area contributed by atoms with Crippen molar-refractivity contribution in [2.75, 3.05) is 26.1 Å². The summed E-state index contributed by atoms with van der Waals surface area (Å²) < 4.78 is 12.9. The molecule has 1 aliphatic heterocycles. The number of rotatable bonds is 7. The molecule has 7 heteroatoms. The van der Waals surface area contributed by atoms with Crippen molar-refractivity contribution in [2.24, 2.45) is 5.92 Å². The minimum Gasteiger partial charge on any atom is -0.493 e. The lowest BCUT2D eigenvalue weighted by atomic mass is 10.0. The lowest BCUT2D eigenvalue weighted by Crippen LogP contribution is -2.34. The van der Waals surface area contributed by atoms with Crippen LogP contribution in [0.2, 0.25) is 0 Å². The number of fused-ring (bicyclic) bond motifs is 2. The van der Waals surface area contributed by atoms with Gasteiger partial charge in [0.2, 0.25) is 11.8 Å². The molecule has 2 heterocycles. The molecule has 0 radical (unpaired) electrons. The molecular formula is C26H29N3O4. The van der Waals surface area contributed by atoms with Crippen LogP contribution >= 0.6 is 0 Å². The standard InChI is InChI=1S/C26H29N3O4/c1-17(2)15-28-11-9-20-21(6-5-7-22(20)28)27-25(30)16-29-10-8-18-12-23(32-3)24(33-4)13-19(18)14-26(29)31/h5-13,17H,14-16H2,1-4H3,(H,27,30). The molecule has 0 atom stereocenters. The van der Waals surface area contributed by atoms with Crippen molar-refractivity contribution < 1.29 is 19.1 Å². The number of amides is 2. The summed E-state index contributed by atoms with van der Waals surface area (Å²) in [5.74, 6) is 1.27. The average molecular weight is 448 g/mol. The Morgan fingerprint density at radius 2 is 1.88 bits per heavy atom. The van der Waals surface area contributed by atoms with Gasteiger partial charge in [0.15, 0.2) is 11.5 Å². The highest BCUT2D eigenvalue weighted by atomic mass is 16.5. The van der Waals surface area contributed by atoms with E-state index in [1.807, 2.05) is 48.7 Å². The highest BCUT2D eigenvalue weighted by Crippen LogP contribution is 2.33. The fourth-order valence-corrected chi connectivity index (χ4v) is 4.13. The highest BCUT2D eigenvalue weighted by molar-refractivity contribution is 6.03. The molecule has 2 aromatic carbocycles. The van der Waals surface area contributed by atoms with Crippen LogP contribution in [0.25, 0.3) is 17.0 Å². The summed E-state index contributed by atoms with van der Waals surface area (Å²) in [6.07, 6.45) is 5.69. The predicted molar refractivity (Wildman–Crippen MR) is 129 cm³/mol. The van der Waals surface area contributed by atoms with Crippen molar-refractivity contribution in [3.8, 4) is 11.5 Å². The summed E-state index contributed by atoms with van der Waals surface area (Å²) in [7, 11) is 3.14. The Labute approximate surface area is 193 Å². The number of hydrogen-bond donors (Lipinski definition) is 1. The molecule has 0 fully saturated rings. The third-order valence-corrected chi connectivity index (χ3v) is 5.71. The van der Waals surface area contributed by atoms with Crippen LogP contribution in [-0.2, 0) is 22.6 Å². The van der Waals surface area contributed by atoms with E-state index in [9.17, 15) is 9.59 Å². The quantitative estimate of drug-likeness (QED) is 0.586. The van der Waals surface area contributed by atoms with Crippen LogP contribution < -0.4 is 14.8 Å². The normalized spacial score (nSPS) is 13.2. The van der Waals surface area contributed by atoms with E-state index in [-0.39, 0.29) is 24.8 Å². The van der Waals surface area contributed by atoms with Gasteiger partial charge in [-0.3, -0.25) is 9.59 Å². The van der Waals surface area contributed by atoms with E-state index in [0.29, 0.717) is 17.4 Å². The molecular weight excluding hydrogens is 418 g/mol. The average Bonchev–Trinajstić information content (AvgIpc) is 3.12. The molecule has 0 saturated heterocycles. The number of benzene rings is 2. The van der Waals surface area contributed by atoms with Gasteiger partial charge in [-0.15, -0.1) is 0 Å². The van der Waals surface area contributed by atoms with Gasteiger partial charge in [0, 0.05) is 24.3 Å². The number of carbonyl (C=O) groups excluding carboxylic acids is 2. The molecule has 3 aromatic rings. The number of carbonyl (C=O) groups is 2. The van der Waals surface area contributed by atoms with Crippen LogP contribution in [0, 0.1) is 5.92 Å². The second-order valence-electron chi connectivity index (χ2n) is 8.57. The molecule has 0 unspecified atom stereocenters. The van der Waals surface area contributed by atoms with Crippen molar-refractivity contribution in [1.82, 2.24) is 9.47 Å². The van der Waals surface area contributed by atoms with E-state index < -0.39 is 0 Å². The zero-order chi connectivity index (χ0) is 23.5. The number of nitrogens with one attached hydrogen (secondary N) is 1. The zero-order valence-corrected chi connectivity index (χ0v) is 19.4. The van der Waals surface area contributed by atoms with Gasteiger partial charge >= 0.3 is 0 Å². The molecule has 0 aliphatic carbocycles. The van der Waals surface area contributed by atoms with E-state index in [2.05, 4.69) is 23.7 Å². The Morgan fingerprint density at radius 3 is 2.61 bits per heavy atom. The number of aromatic nitrogens is 1. The summed E-state index contributed by atoms with van der Waals surface area (Å²) >= 11 is 0. The molecule has 172 valence electrons. The number of anilines is 1. The largest absolute Gasteiger partial charge is 0.493 e. The van der Waals surface area contributed by atoms with E-state index in [0.717, 1.165) is 34.3 Å². The Balaban J connectivity index is 1.50. The summed E-state index contributed by atoms with van der Waals surface area (Å²) in [6.45, 7) is 5.19. The molecule has 1 N–H and O–H groups in total. The maximum Gasteiger partial charge on any atom is 0.244 e. The topological polar surface area (TPSA) is 72.8 Å². The van der Waals surface area contributed by atoms with Crippen LogP contribution in [0.3, 0.4) is 0 Å². The zero-order valence-electron chi connectivity index (χ0n) is 19.4. The minimum atomic E-state index is -0.252. The van der Waals surface area contributed by atoms with Gasteiger partial charge in [0.25, 0.3) is 0 Å². The molecule has 7 nitrogen and oxygen atoms in total. The van der Waals surface area contributed by atoms with Gasteiger partial charge in [-0.1, -0.05) is 19.9 Å². The maximum atomic E-state index is 12.9. The fraction of sp³-hybridized carbons (Fsp3) is 0.308. The van der Waals surface area contributed by atoms with E-state index in [1.165, 1.54) is 4.90 Å². The third-order valence-electron chi connectivity index (χ3n) is 5.71. The first kappa shape index (κ1) is 22.5. The lowest BCUT2D eigenvalue weighted by Gasteiger charge is -2.17. The van der Waals surface area contributed by atoms with Crippen LogP contribution in [0.1, 0.15) is 25.0 Å². The first-order valence-electron chi connectivity index (χ1n) is 11.0. The smallest absolute Gasteiger partial charge is 0.244 e. The predicted octanol–water partition coefficient (Wildman–Crippen LogP) is 4.31. The van der Waals surface area contributed by atoms with E-state index >= 15 is 0 Å². The second kappa shape index (κ2) is 9.40. The van der Waals surface area contributed by atoms with Gasteiger partial charge in [-0.25, -0.2) is 0 Å². The van der Waals surface area contributed by atoms with Crippen LogP contribution in [0.5, 0.6) is 11.5 Å². The molecule has 0 bridgehead atoms. The summed E-state index contributed by atoms with van der Waals surface area (Å²) in [5.41, 5.74) is 3.50. The Morgan fingerprint density at radius 1 is 1.12 bits per heavy atom. The highest BCUT2D eigenvalue weighted by Gasteiger charge is 2.22. The van der Waals surface area contributed by atoms with Gasteiger partial charge < -0.3 is 24.3 Å². The number of nitrogens with zero attached hydrogens (tertiary/aromatic N) is 2. The summed E-state index contributed by atoms with van der Waals surface area (Å²) in [6, 6.07) is 11.5. The van der Waals surface area contributed by atoms with Crippen molar-refractivity contribution in [3.63, 3.8) is 0 Å². The van der Waals surface area contributed by atoms with Crippen molar-refractivity contribution in [3.05, 3.63) is 59.9 Å². The monoisotopic (exact) mass is 447 g/mol. The van der Waals surface area contributed by atoms with Gasteiger partial charge in [0.1, 0.15) is 6.54 Å². The fourth-order valence-electron chi connectivity index (χ4n) is 4.13.